The minimum Gasteiger partial charge on any atom is -0.465 e. The van der Waals surface area contributed by atoms with Gasteiger partial charge in [0.2, 0.25) is 0 Å². The number of carbonyl (C=O) groups excluding carboxylic acids is 2. The number of ether oxygens (including phenoxy) is 2. The van der Waals surface area contributed by atoms with E-state index in [9.17, 15) is 9.59 Å². The summed E-state index contributed by atoms with van der Waals surface area (Å²) in [5, 5.41) is 0. The van der Waals surface area contributed by atoms with Crippen LogP contribution in [0.25, 0.3) is 6.08 Å². The van der Waals surface area contributed by atoms with Crippen molar-refractivity contribution in [1.29, 1.82) is 0 Å². The second-order valence-electron chi connectivity index (χ2n) is 7.48. The van der Waals surface area contributed by atoms with E-state index in [4.69, 9.17) is 9.47 Å². The van der Waals surface area contributed by atoms with E-state index < -0.39 is 5.97 Å². The van der Waals surface area contributed by atoms with E-state index in [0.29, 0.717) is 19.8 Å². The highest BCUT2D eigenvalue weighted by molar-refractivity contribution is 5.94. The van der Waals surface area contributed by atoms with Gasteiger partial charge in [0.1, 0.15) is 12.2 Å². The molecule has 0 radical (unpaired) electrons. The van der Waals surface area contributed by atoms with Gasteiger partial charge in [-0.15, -0.1) is 0 Å². The first-order valence-electron chi connectivity index (χ1n) is 10.4. The summed E-state index contributed by atoms with van der Waals surface area (Å²) >= 11 is 0. The number of nitrogens with zero attached hydrogens (tertiary/aromatic N) is 1. The Kier molecular flexibility index (Phi) is 10.5. The van der Waals surface area contributed by atoms with E-state index >= 15 is 0 Å². The van der Waals surface area contributed by atoms with Crippen LogP contribution in [0.2, 0.25) is 0 Å². The summed E-state index contributed by atoms with van der Waals surface area (Å²) in [5.41, 5.74) is 4.81. The van der Waals surface area contributed by atoms with E-state index in [1.165, 1.54) is 29.2 Å². The number of carbonyl (C=O) groups is 2. The number of benzene rings is 1. The molecular formula is C25H31NO4. The molecule has 2 aromatic rings. The lowest BCUT2D eigenvalue weighted by Crippen LogP contribution is -2.09. The van der Waals surface area contributed by atoms with Crippen molar-refractivity contribution in [3.8, 4) is 0 Å². The molecule has 1 aromatic heterocycles. The molecule has 1 aromatic carbocycles. The zero-order valence-electron chi connectivity index (χ0n) is 17.9. The summed E-state index contributed by atoms with van der Waals surface area (Å²) in [5.74, 6) is -0.609. The summed E-state index contributed by atoms with van der Waals surface area (Å²) in [6.45, 7) is 5.09. The maximum atomic E-state index is 11.2. The highest BCUT2D eigenvalue weighted by Gasteiger charge is 2.05. The molecular weight excluding hydrogens is 378 g/mol. The fourth-order valence-corrected chi connectivity index (χ4v) is 2.95. The Morgan fingerprint density at radius 1 is 0.967 bits per heavy atom. The first-order valence-corrected chi connectivity index (χ1v) is 10.4. The Labute approximate surface area is 179 Å². The maximum Gasteiger partial charge on any atom is 0.313 e. The molecule has 0 N–H and O–H groups in total. The van der Waals surface area contributed by atoms with Gasteiger partial charge in [-0.05, 0) is 67.9 Å². The Balaban J connectivity index is 1.59. The fourth-order valence-electron chi connectivity index (χ4n) is 2.95. The van der Waals surface area contributed by atoms with Crippen molar-refractivity contribution in [3.05, 3.63) is 71.1 Å². The summed E-state index contributed by atoms with van der Waals surface area (Å²) in [6.07, 6.45) is 9.20. The van der Waals surface area contributed by atoms with Crippen LogP contribution < -0.4 is 0 Å². The van der Waals surface area contributed by atoms with Crippen LogP contribution >= 0.6 is 0 Å². The third-order valence-electron chi connectivity index (χ3n) is 4.44. The number of Topliss-reactive ketones (excluding diaryl/α,β-unsaturated/α-hetero) is 1. The lowest BCUT2D eigenvalue weighted by Gasteiger charge is -2.06. The van der Waals surface area contributed by atoms with Crippen LogP contribution in [0.4, 0.5) is 0 Å². The van der Waals surface area contributed by atoms with Gasteiger partial charge in [-0.2, -0.15) is 0 Å². The molecule has 0 unspecified atom stereocenters. The highest BCUT2D eigenvalue weighted by Crippen LogP contribution is 2.13. The molecule has 0 saturated heterocycles. The van der Waals surface area contributed by atoms with Crippen LogP contribution in [0, 0.1) is 0 Å². The minimum absolute atomic E-state index is 0.137. The standard InChI is InChI=1S/C25H31NO4/c1-20(19-29-13-4-3-5-14-30-25(28)16-21(2)27)15-22-8-10-23(11-9-22)17-24-7-6-12-26-18-24/h6-12,15,18H,3-5,13-14,16-17,19H2,1-2H3. The van der Waals surface area contributed by atoms with Crippen molar-refractivity contribution in [3.63, 3.8) is 0 Å². The van der Waals surface area contributed by atoms with Crippen molar-refractivity contribution < 1.29 is 19.1 Å². The zero-order valence-corrected chi connectivity index (χ0v) is 17.9. The van der Waals surface area contributed by atoms with Gasteiger partial charge in [-0.1, -0.05) is 36.4 Å². The van der Waals surface area contributed by atoms with Crippen LogP contribution in [0.15, 0.2) is 54.4 Å². The van der Waals surface area contributed by atoms with Gasteiger partial charge in [0.05, 0.1) is 13.2 Å². The summed E-state index contributed by atoms with van der Waals surface area (Å²) < 4.78 is 10.7. The number of unbranched alkanes of at least 4 members (excludes halogenated alkanes) is 2. The number of rotatable bonds is 13. The van der Waals surface area contributed by atoms with Crippen molar-refractivity contribution in [1.82, 2.24) is 4.98 Å². The Morgan fingerprint density at radius 2 is 1.73 bits per heavy atom. The van der Waals surface area contributed by atoms with Gasteiger partial charge in [0.15, 0.2) is 0 Å². The summed E-state index contributed by atoms with van der Waals surface area (Å²) in [7, 11) is 0. The average molecular weight is 410 g/mol. The monoisotopic (exact) mass is 409 g/mol. The molecule has 2 rings (SSSR count). The molecule has 0 fully saturated rings. The van der Waals surface area contributed by atoms with E-state index in [1.54, 1.807) is 6.20 Å². The highest BCUT2D eigenvalue weighted by atomic mass is 16.5. The van der Waals surface area contributed by atoms with Crippen LogP contribution in [0.5, 0.6) is 0 Å². The predicted octanol–water partition coefficient (Wildman–Crippen LogP) is 4.78. The molecule has 0 aliphatic rings. The molecule has 5 heteroatoms. The van der Waals surface area contributed by atoms with E-state index in [2.05, 4.69) is 48.3 Å². The van der Waals surface area contributed by atoms with Crippen molar-refractivity contribution in [2.24, 2.45) is 0 Å². The third-order valence-corrected chi connectivity index (χ3v) is 4.44. The predicted molar refractivity (Wildman–Crippen MR) is 118 cm³/mol. The largest absolute Gasteiger partial charge is 0.465 e. The number of hydrogen-bond acceptors (Lipinski definition) is 5. The topological polar surface area (TPSA) is 65.5 Å². The normalized spacial score (nSPS) is 11.3. The molecule has 0 aliphatic heterocycles. The third kappa shape index (κ3) is 10.1. The minimum atomic E-state index is -0.440. The van der Waals surface area contributed by atoms with E-state index in [1.807, 2.05) is 12.3 Å². The molecule has 0 aliphatic carbocycles. The lowest BCUT2D eigenvalue weighted by atomic mass is 10.0. The van der Waals surface area contributed by atoms with Gasteiger partial charge in [0.25, 0.3) is 0 Å². The summed E-state index contributed by atoms with van der Waals surface area (Å²) in [6, 6.07) is 12.6. The SMILES string of the molecule is CC(=O)CC(=O)OCCCCCOCC(C)=Cc1ccc(Cc2cccnc2)cc1. The van der Waals surface area contributed by atoms with Crippen molar-refractivity contribution in [2.75, 3.05) is 19.8 Å². The Hall–Kier alpha value is -2.79. The first-order chi connectivity index (χ1) is 14.5. The fraction of sp³-hybridized carbons (Fsp3) is 0.400. The quantitative estimate of drug-likeness (QED) is 0.270. The summed E-state index contributed by atoms with van der Waals surface area (Å²) in [4.78, 5) is 26.2. The Bertz CT molecular complexity index is 813. The zero-order chi connectivity index (χ0) is 21.6. The van der Waals surface area contributed by atoms with Crippen LogP contribution in [0.3, 0.4) is 0 Å². The molecule has 0 atom stereocenters. The van der Waals surface area contributed by atoms with Crippen LogP contribution in [-0.2, 0) is 25.5 Å². The molecule has 0 bridgehead atoms. The molecule has 0 spiro atoms. The van der Waals surface area contributed by atoms with E-state index in [0.717, 1.165) is 25.7 Å². The van der Waals surface area contributed by atoms with Gasteiger partial charge in [-0.3, -0.25) is 14.6 Å². The van der Waals surface area contributed by atoms with E-state index in [-0.39, 0.29) is 12.2 Å². The van der Waals surface area contributed by atoms with Gasteiger partial charge in [0, 0.05) is 19.0 Å². The van der Waals surface area contributed by atoms with Crippen LogP contribution in [-0.4, -0.2) is 36.6 Å². The van der Waals surface area contributed by atoms with Crippen LogP contribution in [0.1, 0.15) is 56.2 Å². The lowest BCUT2D eigenvalue weighted by molar-refractivity contribution is -0.145. The average Bonchev–Trinajstić information content (AvgIpc) is 2.71. The molecule has 0 amide bonds. The number of ketones is 1. The second-order valence-corrected chi connectivity index (χ2v) is 7.48. The number of pyridine rings is 1. The molecule has 160 valence electrons. The second kappa shape index (κ2) is 13.4. The smallest absolute Gasteiger partial charge is 0.313 e. The number of esters is 1. The van der Waals surface area contributed by atoms with Gasteiger partial charge in [-0.25, -0.2) is 0 Å². The number of aromatic nitrogens is 1. The first kappa shape index (κ1) is 23.5. The van der Waals surface area contributed by atoms with Gasteiger partial charge >= 0.3 is 5.97 Å². The molecule has 30 heavy (non-hydrogen) atoms. The molecule has 1 heterocycles. The van der Waals surface area contributed by atoms with Gasteiger partial charge < -0.3 is 9.47 Å². The van der Waals surface area contributed by atoms with Crippen molar-refractivity contribution in [2.45, 2.75) is 46.0 Å². The maximum absolute atomic E-state index is 11.2. The number of hydrogen-bond donors (Lipinski definition) is 0. The van der Waals surface area contributed by atoms with Crippen molar-refractivity contribution >= 4 is 17.8 Å². The molecule has 0 saturated carbocycles. The Morgan fingerprint density at radius 3 is 2.43 bits per heavy atom. The molecule has 5 nitrogen and oxygen atoms in total.